The van der Waals surface area contributed by atoms with Gasteiger partial charge in [0.05, 0.1) is 7.05 Å². The third-order valence-electron chi connectivity index (χ3n) is 2.50. The van der Waals surface area contributed by atoms with Crippen LogP contribution in [-0.4, -0.2) is 32.4 Å². The van der Waals surface area contributed by atoms with Crippen molar-refractivity contribution in [1.29, 1.82) is 0 Å². The van der Waals surface area contributed by atoms with Crippen LogP contribution in [0, 0.1) is 6.92 Å². The Bertz CT molecular complexity index is 767. The molecule has 0 saturated heterocycles. The van der Waals surface area contributed by atoms with E-state index in [-0.39, 0.29) is 0 Å². The molecule has 0 aliphatic carbocycles. The zero-order valence-electron chi connectivity index (χ0n) is 12.7. The number of halogens is 6. The van der Waals surface area contributed by atoms with Gasteiger partial charge in [-0.2, -0.15) is 26.3 Å². The fourth-order valence-corrected chi connectivity index (χ4v) is 2.85. The second kappa shape index (κ2) is 7.74. The number of aryl methyl sites for hydroxylation is 1. The molecule has 0 bridgehead atoms. The fraction of sp³-hybridized carbons (Fsp3) is 0.500. The van der Waals surface area contributed by atoms with Crippen LogP contribution in [0.15, 0.2) is 25.0 Å². The minimum absolute atomic E-state index is 0.778. The molecule has 0 aliphatic heterocycles. The Morgan fingerprint density at radius 2 is 1.52 bits per heavy atom. The van der Waals surface area contributed by atoms with Crippen molar-refractivity contribution >= 4 is 20.0 Å². The molecule has 1 aromatic heterocycles. The van der Waals surface area contributed by atoms with Crippen LogP contribution in [0.2, 0.25) is 0 Å². The van der Waals surface area contributed by atoms with Crippen molar-refractivity contribution in [3.05, 3.63) is 35.0 Å². The molecule has 15 heteroatoms. The number of hydrogen-bond donors (Lipinski definition) is 0. The lowest BCUT2D eigenvalue weighted by molar-refractivity contribution is -0.677. The van der Waals surface area contributed by atoms with Gasteiger partial charge in [-0.3, -0.25) is 0 Å². The van der Waals surface area contributed by atoms with Crippen molar-refractivity contribution in [2.75, 3.05) is 0 Å². The number of hydrogen-bond acceptors (Lipinski definition) is 4. The summed E-state index contributed by atoms with van der Waals surface area (Å²) in [7, 11) is -11.4. The summed E-state index contributed by atoms with van der Waals surface area (Å²) in [6, 6.07) is 0. The Hall–Kier alpha value is -1.61. The first-order chi connectivity index (χ1) is 11.0. The number of nitrogens with zero attached hydrogens (tertiary/aromatic N) is 3. The van der Waals surface area contributed by atoms with E-state index in [9.17, 15) is 43.2 Å². The van der Waals surface area contributed by atoms with Crippen molar-refractivity contribution in [2.24, 2.45) is 7.05 Å². The lowest BCUT2D eigenvalue weighted by atomic mass is 10.5. The summed E-state index contributed by atoms with van der Waals surface area (Å²) in [4.78, 5) is 0. The average molecular weight is 417 g/mol. The van der Waals surface area contributed by atoms with Crippen LogP contribution in [0.1, 0.15) is 5.82 Å². The molecule has 0 atom stereocenters. The SMILES string of the molecule is C=CCn1cc[n+](C)c1C.O=S(=O)([N-]S(=O)(=O)C(F)(F)F)C(F)(F)F. The molecule has 0 aliphatic rings. The fourth-order valence-electron chi connectivity index (χ4n) is 1.14. The van der Waals surface area contributed by atoms with E-state index in [1.165, 1.54) is 5.82 Å². The van der Waals surface area contributed by atoms with Crippen molar-refractivity contribution in [3.63, 3.8) is 0 Å². The predicted molar refractivity (Wildman–Crippen MR) is 73.9 cm³/mol. The molecular weight excluding hydrogens is 404 g/mol. The zero-order valence-corrected chi connectivity index (χ0v) is 14.3. The van der Waals surface area contributed by atoms with E-state index in [2.05, 4.69) is 28.8 Å². The summed E-state index contributed by atoms with van der Waals surface area (Å²) in [6.45, 7) is 6.66. The van der Waals surface area contributed by atoms with Gasteiger partial charge in [-0.05, 0) is 0 Å². The van der Waals surface area contributed by atoms with Gasteiger partial charge < -0.3 is 4.13 Å². The highest BCUT2D eigenvalue weighted by Gasteiger charge is 2.46. The van der Waals surface area contributed by atoms with Crippen molar-refractivity contribution in [2.45, 2.75) is 24.5 Å². The normalized spacial score (nSPS) is 13.1. The van der Waals surface area contributed by atoms with Crippen LogP contribution < -0.4 is 4.57 Å². The maximum absolute atomic E-state index is 11.4. The molecule has 1 heterocycles. The van der Waals surface area contributed by atoms with Crippen LogP contribution in [0.3, 0.4) is 0 Å². The highest BCUT2D eigenvalue weighted by atomic mass is 32.3. The summed E-state index contributed by atoms with van der Waals surface area (Å²) in [6.07, 6.45) is 5.99. The molecule has 0 saturated carbocycles. The summed E-state index contributed by atoms with van der Waals surface area (Å²) < 4.78 is 113. The number of aromatic nitrogens is 2. The Balaban J connectivity index is 0.000000496. The van der Waals surface area contributed by atoms with Gasteiger partial charge in [-0.25, -0.2) is 26.0 Å². The molecule has 1 rings (SSSR count). The van der Waals surface area contributed by atoms with E-state index in [4.69, 9.17) is 0 Å². The van der Waals surface area contributed by atoms with Gasteiger partial charge in [-0.1, -0.05) is 12.7 Å². The Kier molecular flexibility index (Phi) is 7.24. The first-order valence-corrected chi connectivity index (χ1v) is 8.83. The Morgan fingerprint density at radius 3 is 1.76 bits per heavy atom. The molecule has 0 aromatic carbocycles. The quantitative estimate of drug-likeness (QED) is 0.425. The molecule has 1 aromatic rings. The van der Waals surface area contributed by atoms with Gasteiger partial charge in [0.25, 0.3) is 5.82 Å². The van der Waals surface area contributed by atoms with Gasteiger partial charge in [-0.15, -0.1) is 0 Å². The average Bonchev–Trinajstić information content (AvgIpc) is 2.68. The Labute approximate surface area is 139 Å². The number of alkyl halides is 6. The van der Waals surface area contributed by atoms with E-state index in [0.29, 0.717) is 0 Å². The minimum Gasteiger partial charge on any atom is -0.421 e. The van der Waals surface area contributed by atoms with Gasteiger partial charge in [0.2, 0.25) is 0 Å². The summed E-state index contributed by atoms with van der Waals surface area (Å²) >= 11 is 0. The van der Waals surface area contributed by atoms with Crippen molar-refractivity contribution in [1.82, 2.24) is 4.57 Å². The largest absolute Gasteiger partial charge is 0.480 e. The van der Waals surface area contributed by atoms with Gasteiger partial charge in [0.15, 0.2) is 20.0 Å². The molecule has 0 unspecified atom stereocenters. The third-order valence-corrected chi connectivity index (χ3v) is 5.24. The van der Waals surface area contributed by atoms with E-state index in [1.54, 1.807) is 0 Å². The second-order valence-corrected chi connectivity index (χ2v) is 7.74. The minimum atomic E-state index is -6.72. The molecule has 0 N–H and O–H groups in total. The molecule has 0 radical (unpaired) electrons. The number of sulfonamides is 2. The molecule has 0 fully saturated rings. The van der Waals surface area contributed by atoms with Crippen LogP contribution in [0.25, 0.3) is 4.13 Å². The third kappa shape index (κ3) is 6.32. The van der Waals surface area contributed by atoms with Crippen molar-refractivity contribution in [3.8, 4) is 0 Å². The highest BCUT2D eigenvalue weighted by molar-refractivity contribution is 8.13. The van der Waals surface area contributed by atoms with Gasteiger partial charge >= 0.3 is 11.0 Å². The summed E-state index contributed by atoms with van der Waals surface area (Å²) in [5.74, 6) is 1.25. The molecule has 0 amide bonds. The van der Waals surface area contributed by atoms with E-state index in [1.807, 2.05) is 19.3 Å². The van der Waals surface area contributed by atoms with E-state index >= 15 is 0 Å². The maximum atomic E-state index is 11.4. The lowest BCUT2D eigenvalue weighted by Crippen LogP contribution is -2.30. The molecule has 7 nitrogen and oxygen atoms in total. The lowest BCUT2D eigenvalue weighted by Gasteiger charge is -2.22. The maximum Gasteiger partial charge on any atom is 0.480 e. The van der Waals surface area contributed by atoms with Crippen LogP contribution in [0.5, 0.6) is 0 Å². The van der Waals surface area contributed by atoms with Crippen LogP contribution >= 0.6 is 0 Å². The first kappa shape index (κ1) is 23.4. The van der Waals surface area contributed by atoms with Gasteiger partial charge in [0, 0.05) is 6.92 Å². The van der Waals surface area contributed by atoms with Crippen LogP contribution in [-0.2, 0) is 33.6 Å². The first-order valence-electron chi connectivity index (χ1n) is 5.95. The number of imidazole rings is 1. The van der Waals surface area contributed by atoms with E-state index in [0.717, 1.165) is 10.7 Å². The standard InChI is InChI=1S/C8H13N2.C2F6NO4S2/c1-4-5-10-7-6-9(3)8(10)2;3-1(4,5)14(10,11)9-15(12,13)2(6,7)8/h4,6-7H,1,5H2,2-3H3;/q+1;-1. The molecule has 146 valence electrons. The summed E-state index contributed by atoms with van der Waals surface area (Å²) in [5.41, 5.74) is -12.4. The topological polar surface area (TPSA) is 91.2 Å². The molecule has 25 heavy (non-hydrogen) atoms. The Morgan fingerprint density at radius 1 is 1.12 bits per heavy atom. The smallest absolute Gasteiger partial charge is 0.421 e. The highest BCUT2D eigenvalue weighted by Crippen LogP contribution is 2.36. The van der Waals surface area contributed by atoms with Gasteiger partial charge in [0.1, 0.15) is 18.9 Å². The number of rotatable bonds is 4. The monoisotopic (exact) mass is 417 g/mol. The predicted octanol–water partition coefficient (Wildman–Crippen LogP) is 1.87. The molecule has 0 spiro atoms. The van der Waals surface area contributed by atoms with E-state index < -0.39 is 31.1 Å². The second-order valence-electron chi connectivity index (χ2n) is 4.31. The van der Waals surface area contributed by atoms with Crippen LogP contribution in [0.4, 0.5) is 26.3 Å². The molecular formula is C10H13F6N3O4S2. The van der Waals surface area contributed by atoms with Crippen molar-refractivity contribution < 1.29 is 47.7 Å². The summed E-state index contributed by atoms with van der Waals surface area (Å²) in [5, 5.41) is 0. The zero-order chi connectivity index (χ0) is 20.3. The number of allylic oxidation sites excluding steroid dienone is 1.